The molecular weight excluding hydrogens is 422 g/mol. The van der Waals surface area contributed by atoms with Gasteiger partial charge in [-0.2, -0.15) is 0 Å². The summed E-state index contributed by atoms with van der Waals surface area (Å²) in [6.45, 7) is 0.0627. The third kappa shape index (κ3) is 6.23. The van der Waals surface area contributed by atoms with E-state index < -0.39 is 5.91 Å². The fourth-order valence-corrected chi connectivity index (χ4v) is 3.04. The molecule has 9 heteroatoms. The molecule has 0 aliphatic rings. The number of halogens is 1. The summed E-state index contributed by atoms with van der Waals surface area (Å²) in [6, 6.07) is 12.5. The van der Waals surface area contributed by atoms with Crippen LogP contribution in [0.5, 0.6) is 11.5 Å². The average Bonchev–Trinajstić information content (AvgIpc) is 3.24. The van der Waals surface area contributed by atoms with Gasteiger partial charge in [0.05, 0.1) is 18.3 Å². The third-order valence-electron chi connectivity index (χ3n) is 4.35. The first-order valence-corrected chi connectivity index (χ1v) is 9.88. The number of methoxy groups -OCH3 is 1. The zero-order valence-corrected chi connectivity index (χ0v) is 17.6. The van der Waals surface area contributed by atoms with E-state index in [2.05, 4.69) is 10.3 Å². The molecule has 0 aliphatic carbocycles. The minimum absolute atomic E-state index is 0.148. The van der Waals surface area contributed by atoms with Crippen molar-refractivity contribution in [1.82, 2.24) is 10.3 Å². The summed E-state index contributed by atoms with van der Waals surface area (Å²) in [5.74, 6) is 1.14. The molecule has 3 aromatic rings. The van der Waals surface area contributed by atoms with E-state index in [9.17, 15) is 9.59 Å². The van der Waals surface area contributed by atoms with E-state index in [1.165, 1.54) is 7.11 Å². The molecule has 8 nitrogen and oxygen atoms in total. The third-order valence-corrected chi connectivity index (χ3v) is 4.68. The van der Waals surface area contributed by atoms with Gasteiger partial charge >= 0.3 is 0 Å². The van der Waals surface area contributed by atoms with Crippen LogP contribution in [-0.2, 0) is 22.6 Å². The number of ether oxygens (including phenoxy) is 2. The van der Waals surface area contributed by atoms with Crippen LogP contribution in [0.3, 0.4) is 0 Å². The van der Waals surface area contributed by atoms with E-state index in [0.29, 0.717) is 41.1 Å². The Kier molecular flexibility index (Phi) is 7.50. The fourth-order valence-electron chi connectivity index (χ4n) is 2.81. The van der Waals surface area contributed by atoms with Crippen LogP contribution in [0.25, 0.3) is 11.3 Å². The van der Waals surface area contributed by atoms with E-state index >= 15 is 0 Å². The number of hydrogen-bond donors (Lipinski definition) is 2. The van der Waals surface area contributed by atoms with Crippen molar-refractivity contribution in [2.45, 2.75) is 19.4 Å². The van der Waals surface area contributed by atoms with Crippen molar-refractivity contribution in [1.29, 1.82) is 0 Å². The van der Waals surface area contributed by atoms with E-state index in [4.69, 9.17) is 31.2 Å². The smallest absolute Gasteiger partial charge is 0.255 e. The summed E-state index contributed by atoms with van der Waals surface area (Å²) < 4.78 is 16.3. The largest absolute Gasteiger partial charge is 0.493 e. The fraction of sp³-hybridized carbons (Fsp3) is 0.227. The van der Waals surface area contributed by atoms with Gasteiger partial charge in [0, 0.05) is 24.9 Å². The van der Waals surface area contributed by atoms with Crippen LogP contribution >= 0.6 is 11.6 Å². The van der Waals surface area contributed by atoms with Crippen LogP contribution in [0, 0.1) is 0 Å². The SMILES string of the molecule is COc1cc(CNC(=O)CCc2ncc(-c3ccccc3Cl)o2)ccc1OCC(N)=O. The molecule has 3 N–H and O–H groups in total. The molecule has 0 bridgehead atoms. The van der Waals surface area contributed by atoms with Gasteiger partial charge < -0.3 is 24.9 Å². The number of rotatable bonds is 10. The van der Waals surface area contributed by atoms with Crippen LogP contribution in [0.2, 0.25) is 5.02 Å². The lowest BCUT2D eigenvalue weighted by molar-refractivity contribution is -0.121. The molecule has 0 aliphatic heterocycles. The van der Waals surface area contributed by atoms with Crippen molar-refractivity contribution in [2.75, 3.05) is 13.7 Å². The Labute approximate surface area is 184 Å². The molecule has 0 unspecified atom stereocenters. The van der Waals surface area contributed by atoms with Crippen LogP contribution in [0.15, 0.2) is 53.1 Å². The van der Waals surface area contributed by atoms with Gasteiger partial charge in [-0.05, 0) is 29.8 Å². The first-order valence-electron chi connectivity index (χ1n) is 9.50. The number of nitrogens with zero attached hydrogens (tertiary/aromatic N) is 1. The average molecular weight is 444 g/mol. The molecule has 0 radical (unpaired) electrons. The molecule has 162 valence electrons. The zero-order valence-electron chi connectivity index (χ0n) is 16.9. The maximum atomic E-state index is 12.2. The van der Waals surface area contributed by atoms with Gasteiger partial charge in [-0.25, -0.2) is 4.98 Å². The Morgan fingerprint density at radius 1 is 1.19 bits per heavy atom. The number of primary amides is 1. The van der Waals surface area contributed by atoms with Gasteiger partial charge in [0.1, 0.15) is 0 Å². The standard InChI is InChI=1S/C22H22ClN3O5/c1-29-18-10-14(6-7-17(18)30-13-20(24)27)11-25-21(28)8-9-22-26-12-19(31-22)15-4-2-3-5-16(15)23/h2-7,10,12H,8-9,11,13H2,1H3,(H2,24,27)(H,25,28). The number of amides is 2. The normalized spacial score (nSPS) is 10.5. The second-order valence-corrected chi connectivity index (χ2v) is 7.02. The minimum atomic E-state index is -0.580. The summed E-state index contributed by atoms with van der Waals surface area (Å²) in [5.41, 5.74) is 6.65. The van der Waals surface area contributed by atoms with Crippen LogP contribution in [0.1, 0.15) is 17.9 Å². The molecule has 0 spiro atoms. The summed E-state index contributed by atoms with van der Waals surface area (Å²) in [7, 11) is 1.49. The maximum absolute atomic E-state index is 12.2. The highest BCUT2D eigenvalue weighted by atomic mass is 35.5. The number of benzene rings is 2. The van der Waals surface area contributed by atoms with Gasteiger partial charge in [-0.1, -0.05) is 29.8 Å². The lowest BCUT2D eigenvalue weighted by atomic mass is 10.2. The molecular formula is C22H22ClN3O5. The van der Waals surface area contributed by atoms with Crippen molar-refractivity contribution >= 4 is 23.4 Å². The van der Waals surface area contributed by atoms with Crippen LogP contribution < -0.4 is 20.5 Å². The van der Waals surface area contributed by atoms with Crippen molar-refractivity contribution in [2.24, 2.45) is 5.73 Å². The molecule has 0 fully saturated rings. The molecule has 0 saturated heterocycles. The maximum Gasteiger partial charge on any atom is 0.255 e. The number of oxazole rings is 1. The minimum Gasteiger partial charge on any atom is -0.493 e. The predicted octanol–water partition coefficient (Wildman–Crippen LogP) is 3.12. The Balaban J connectivity index is 1.50. The molecule has 1 heterocycles. The quantitative estimate of drug-likeness (QED) is 0.497. The van der Waals surface area contributed by atoms with Gasteiger partial charge in [0.15, 0.2) is 29.8 Å². The summed E-state index contributed by atoms with van der Waals surface area (Å²) in [4.78, 5) is 27.3. The highest BCUT2D eigenvalue weighted by molar-refractivity contribution is 6.33. The monoisotopic (exact) mass is 443 g/mol. The second-order valence-electron chi connectivity index (χ2n) is 6.62. The molecule has 31 heavy (non-hydrogen) atoms. The molecule has 2 aromatic carbocycles. The summed E-state index contributed by atoms with van der Waals surface area (Å²) in [5, 5.41) is 3.41. The lowest BCUT2D eigenvalue weighted by Crippen LogP contribution is -2.23. The number of nitrogens with one attached hydrogen (secondary N) is 1. The molecule has 0 atom stereocenters. The number of nitrogens with two attached hydrogens (primary N) is 1. The van der Waals surface area contributed by atoms with Gasteiger partial charge in [-0.3, -0.25) is 9.59 Å². The van der Waals surface area contributed by atoms with Gasteiger partial charge in [0.25, 0.3) is 5.91 Å². The number of carbonyl (C=O) groups excluding carboxylic acids is 2. The number of aromatic nitrogens is 1. The number of aryl methyl sites for hydroxylation is 1. The van der Waals surface area contributed by atoms with Gasteiger partial charge in [-0.15, -0.1) is 0 Å². The van der Waals surface area contributed by atoms with Crippen LogP contribution in [-0.4, -0.2) is 30.5 Å². The van der Waals surface area contributed by atoms with Crippen molar-refractivity contribution in [3.63, 3.8) is 0 Å². The van der Waals surface area contributed by atoms with E-state index in [0.717, 1.165) is 11.1 Å². The zero-order chi connectivity index (χ0) is 22.2. The first-order chi connectivity index (χ1) is 15.0. The molecule has 0 saturated carbocycles. The Morgan fingerprint density at radius 3 is 2.74 bits per heavy atom. The van der Waals surface area contributed by atoms with Crippen molar-refractivity contribution < 1.29 is 23.5 Å². The molecule has 3 rings (SSSR count). The Morgan fingerprint density at radius 2 is 2.00 bits per heavy atom. The molecule has 1 aromatic heterocycles. The van der Waals surface area contributed by atoms with Crippen molar-refractivity contribution in [3.05, 3.63) is 65.1 Å². The highest BCUT2D eigenvalue weighted by Crippen LogP contribution is 2.29. The van der Waals surface area contributed by atoms with Crippen LogP contribution in [0.4, 0.5) is 0 Å². The topological polar surface area (TPSA) is 117 Å². The number of hydrogen-bond acceptors (Lipinski definition) is 6. The van der Waals surface area contributed by atoms with Gasteiger partial charge in [0.2, 0.25) is 5.91 Å². The van der Waals surface area contributed by atoms with Crippen molar-refractivity contribution in [3.8, 4) is 22.8 Å². The Hall–Kier alpha value is -3.52. The summed E-state index contributed by atoms with van der Waals surface area (Å²) >= 11 is 6.17. The van der Waals surface area contributed by atoms with E-state index in [-0.39, 0.29) is 18.9 Å². The first kappa shape index (κ1) is 22.2. The number of carbonyl (C=O) groups is 2. The van der Waals surface area contributed by atoms with E-state index in [1.807, 2.05) is 18.2 Å². The van der Waals surface area contributed by atoms with E-state index in [1.54, 1.807) is 30.5 Å². The predicted molar refractivity (Wildman–Crippen MR) is 115 cm³/mol. The summed E-state index contributed by atoms with van der Waals surface area (Å²) in [6.07, 6.45) is 2.18. The second kappa shape index (κ2) is 10.5. The Bertz CT molecular complexity index is 1070. The highest BCUT2D eigenvalue weighted by Gasteiger charge is 2.12. The lowest BCUT2D eigenvalue weighted by Gasteiger charge is -2.11. The molecule has 2 amide bonds.